The molecule has 290 valence electrons. The van der Waals surface area contributed by atoms with Crippen LogP contribution in [0.15, 0.2) is 203 Å². The third-order valence-electron chi connectivity index (χ3n) is 10.7. The maximum absolute atomic E-state index is 6.66. The van der Waals surface area contributed by atoms with Crippen LogP contribution in [0, 0.1) is 0 Å². The second-order valence-electron chi connectivity index (χ2n) is 14.6. The lowest BCUT2D eigenvalue weighted by Gasteiger charge is -2.35. The number of benzene rings is 8. The minimum atomic E-state index is -0.869. The molecule has 59 heavy (non-hydrogen) atoms. The zero-order valence-electron chi connectivity index (χ0n) is 32.2. The Labute approximate surface area is 362 Å². The van der Waals surface area contributed by atoms with Crippen LogP contribution in [0.5, 0.6) is 23.0 Å². The van der Waals surface area contributed by atoms with E-state index in [9.17, 15) is 0 Å². The molecule has 0 aromatic heterocycles. The number of rotatable bonds is 14. The van der Waals surface area contributed by atoms with E-state index in [1.165, 1.54) is 0 Å². The standard InChI is InChI=1S/C53H40Br2O4/c54-43-21-23-49-50-24-22-44(55)30-52(50)53(51(49)29-43,41-25-45(56-33-37-13-5-1-6-14-37)31-46(26-41)57-34-38-15-7-2-8-16-38)42-27-47(58-35-39-17-9-3-10-18-39)32-48(28-42)59-36-40-19-11-4-12-20-40/h1-32H,33-36H2. The molecule has 0 unspecified atom stereocenters. The van der Waals surface area contributed by atoms with Gasteiger partial charge in [0.25, 0.3) is 0 Å². The summed E-state index contributed by atoms with van der Waals surface area (Å²) < 4.78 is 28.6. The fraction of sp³-hybridized carbons (Fsp3) is 0.0943. The van der Waals surface area contributed by atoms with Crippen LogP contribution in [0.1, 0.15) is 44.5 Å². The fourth-order valence-corrected chi connectivity index (χ4v) is 8.65. The maximum atomic E-state index is 6.66. The van der Waals surface area contributed by atoms with Crippen molar-refractivity contribution >= 4 is 31.9 Å². The molecule has 9 rings (SSSR count). The molecule has 0 saturated carbocycles. The number of ether oxygens (including phenoxy) is 4. The molecule has 1 aliphatic rings. The monoisotopic (exact) mass is 898 g/mol. The van der Waals surface area contributed by atoms with Gasteiger partial charge in [0.2, 0.25) is 0 Å². The van der Waals surface area contributed by atoms with E-state index in [1.807, 2.05) is 84.9 Å². The van der Waals surface area contributed by atoms with Crippen molar-refractivity contribution in [3.8, 4) is 34.1 Å². The molecule has 0 bridgehead atoms. The molecule has 6 heteroatoms. The van der Waals surface area contributed by atoms with Gasteiger partial charge in [0.15, 0.2) is 0 Å². The molecule has 0 N–H and O–H groups in total. The first-order valence-electron chi connectivity index (χ1n) is 19.6. The molecule has 0 saturated heterocycles. The van der Waals surface area contributed by atoms with Crippen LogP contribution in [-0.2, 0) is 31.8 Å². The summed E-state index contributed by atoms with van der Waals surface area (Å²) in [4.78, 5) is 0. The Balaban J connectivity index is 1.26. The Kier molecular flexibility index (Phi) is 11.3. The van der Waals surface area contributed by atoms with E-state index >= 15 is 0 Å². The number of fused-ring (bicyclic) bond motifs is 3. The second-order valence-corrected chi connectivity index (χ2v) is 16.4. The normalized spacial score (nSPS) is 12.3. The Morgan fingerprint density at radius 3 is 0.898 bits per heavy atom. The molecule has 0 fully saturated rings. The van der Waals surface area contributed by atoms with Gasteiger partial charge >= 0.3 is 0 Å². The smallest absolute Gasteiger partial charge is 0.123 e. The Morgan fingerprint density at radius 2 is 0.610 bits per heavy atom. The summed E-state index contributed by atoms with van der Waals surface area (Å²) in [7, 11) is 0. The molecule has 8 aromatic rings. The Hall–Kier alpha value is -6.08. The number of hydrogen-bond acceptors (Lipinski definition) is 4. The van der Waals surface area contributed by atoms with E-state index in [2.05, 4.69) is 141 Å². The van der Waals surface area contributed by atoms with Crippen LogP contribution < -0.4 is 18.9 Å². The zero-order chi connectivity index (χ0) is 40.0. The van der Waals surface area contributed by atoms with Crippen LogP contribution in [0.25, 0.3) is 11.1 Å². The predicted molar refractivity (Wildman–Crippen MR) is 242 cm³/mol. The SMILES string of the molecule is Brc1ccc2c(c1)C(c1cc(OCc3ccccc3)cc(OCc3ccccc3)c1)(c1cc(OCc3ccccc3)cc(OCc3ccccc3)c1)c1cc(Br)ccc1-2. The molecule has 1 aliphatic carbocycles. The topological polar surface area (TPSA) is 36.9 Å². The second kappa shape index (κ2) is 17.4. The molecule has 0 radical (unpaired) electrons. The third-order valence-corrected chi connectivity index (χ3v) is 11.7. The summed E-state index contributed by atoms with van der Waals surface area (Å²) in [5.74, 6) is 2.80. The summed E-state index contributed by atoms with van der Waals surface area (Å²) in [6, 6.07) is 66.7. The first-order valence-corrected chi connectivity index (χ1v) is 21.2. The van der Waals surface area contributed by atoms with Crippen molar-refractivity contribution in [2.45, 2.75) is 31.8 Å². The van der Waals surface area contributed by atoms with Crippen molar-refractivity contribution in [3.63, 3.8) is 0 Å². The molecule has 0 aliphatic heterocycles. The summed E-state index contributed by atoms with van der Waals surface area (Å²) in [6.07, 6.45) is 0. The minimum Gasteiger partial charge on any atom is -0.489 e. The van der Waals surface area contributed by atoms with Gasteiger partial charge in [0, 0.05) is 21.1 Å². The van der Waals surface area contributed by atoms with Crippen molar-refractivity contribution < 1.29 is 18.9 Å². The van der Waals surface area contributed by atoms with Crippen molar-refractivity contribution in [3.05, 3.63) is 248 Å². The van der Waals surface area contributed by atoms with Crippen LogP contribution in [-0.4, -0.2) is 0 Å². The van der Waals surface area contributed by atoms with Gasteiger partial charge in [-0.3, -0.25) is 0 Å². The Bertz CT molecular complexity index is 2370. The first-order chi connectivity index (χ1) is 29.0. The first kappa shape index (κ1) is 38.4. The largest absolute Gasteiger partial charge is 0.489 e. The van der Waals surface area contributed by atoms with Crippen LogP contribution >= 0.6 is 31.9 Å². The third kappa shape index (κ3) is 8.43. The molecular formula is C53H40Br2O4. The summed E-state index contributed by atoms with van der Waals surface area (Å²) in [5.41, 5.74) is 9.91. The van der Waals surface area contributed by atoms with E-state index in [0.717, 1.165) is 64.6 Å². The van der Waals surface area contributed by atoms with E-state index in [0.29, 0.717) is 49.4 Å². The number of hydrogen-bond donors (Lipinski definition) is 0. The molecule has 8 aromatic carbocycles. The molecule has 0 heterocycles. The van der Waals surface area contributed by atoms with Crippen molar-refractivity contribution in [2.75, 3.05) is 0 Å². The fourth-order valence-electron chi connectivity index (χ4n) is 7.93. The highest BCUT2D eigenvalue weighted by molar-refractivity contribution is 9.10. The summed E-state index contributed by atoms with van der Waals surface area (Å²) in [6.45, 7) is 1.61. The van der Waals surface area contributed by atoms with Crippen molar-refractivity contribution in [1.82, 2.24) is 0 Å². The van der Waals surface area contributed by atoms with Gasteiger partial charge in [-0.15, -0.1) is 0 Å². The van der Waals surface area contributed by atoms with Gasteiger partial charge in [0.1, 0.15) is 49.4 Å². The zero-order valence-corrected chi connectivity index (χ0v) is 35.4. The van der Waals surface area contributed by atoms with E-state index in [1.54, 1.807) is 0 Å². The van der Waals surface area contributed by atoms with Gasteiger partial charge in [-0.1, -0.05) is 165 Å². The van der Waals surface area contributed by atoms with Crippen LogP contribution in [0.3, 0.4) is 0 Å². The van der Waals surface area contributed by atoms with E-state index < -0.39 is 5.41 Å². The highest BCUT2D eigenvalue weighted by Gasteiger charge is 2.47. The molecule has 4 nitrogen and oxygen atoms in total. The van der Waals surface area contributed by atoms with Crippen molar-refractivity contribution in [1.29, 1.82) is 0 Å². The molecule has 0 atom stereocenters. The lowest BCUT2D eigenvalue weighted by atomic mass is 9.67. The summed E-state index contributed by atoms with van der Waals surface area (Å²) >= 11 is 7.75. The lowest BCUT2D eigenvalue weighted by molar-refractivity contribution is 0.288. The minimum absolute atomic E-state index is 0.403. The average molecular weight is 901 g/mol. The van der Waals surface area contributed by atoms with Gasteiger partial charge in [-0.05, 0) is 104 Å². The number of halogens is 2. The van der Waals surface area contributed by atoms with E-state index in [-0.39, 0.29) is 0 Å². The lowest BCUT2D eigenvalue weighted by Crippen LogP contribution is -2.29. The highest BCUT2D eigenvalue weighted by Crippen LogP contribution is 2.58. The molecule has 0 amide bonds. The van der Waals surface area contributed by atoms with Gasteiger partial charge in [-0.2, -0.15) is 0 Å². The van der Waals surface area contributed by atoms with Crippen molar-refractivity contribution in [2.24, 2.45) is 0 Å². The molecular weight excluding hydrogens is 860 g/mol. The van der Waals surface area contributed by atoms with E-state index in [4.69, 9.17) is 18.9 Å². The van der Waals surface area contributed by atoms with Crippen LogP contribution in [0.4, 0.5) is 0 Å². The average Bonchev–Trinajstić information content (AvgIpc) is 3.56. The Morgan fingerprint density at radius 1 is 0.322 bits per heavy atom. The highest BCUT2D eigenvalue weighted by atomic mass is 79.9. The van der Waals surface area contributed by atoms with Crippen LogP contribution in [0.2, 0.25) is 0 Å². The predicted octanol–water partition coefficient (Wildman–Crippen LogP) is 13.9. The van der Waals surface area contributed by atoms with Gasteiger partial charge in [0.05, 0.1) is 5.41 Å². The summed E-state index contributed by atoms with van der Waals surface area (Å²) in [5, 5.41) is 0. The van der Waals surface area contributed by atoms with Gasteiger partial charge < -0.3 is 18.9 Å². The molecule has 0 spiro atoms. The quantitative estimate of drug-likeness (QED) is 0.109. The van der Waals surface area contributed by atoms with Gasteiger partial charge in [-0.25, -0.2) is 0 Å². The maximum Gasteiger partial charge on any atom is 0.123 e.